The Morgan fingerprint density at radius 1 is 1.15 bits per heavy atom. The Hall–Kier alpha value is -1.26. The quantitative estimate of drug-likeness (QED) is 0.840. The lowest BCUT2D eigenvalue weighted by Gasteiger charge is -2.21. The summed E-state index contributed by atoms with van der Waals surface area (Å²) in [5.74, 6) is -0.948. The number of rotatable bonds is 5. The molecule has 0 aliphatic rings. The Labute approximate surface area is 122 Å². The highest BCUT2D eigenvalue weighted by Gasteiger charge is 2.24. The fourth-order valence-electron chi connectivity index (χ4n) is 2.27. The van der Waals surface area contributed by atoms with Gasteiger partial charge in [0.15, 0.2) is 0 Å². The van der Waals surface area contributed by atoms with Crippen molar-refractivity contribution >= 4 is 11.3 Å². The molecular formula is C16H19F2NS. The van der Waals surface area contributed by atoms with Crippen molar-refractivity contribution < 1.29 is 8.78 Å². The van der Waals surface area contributed by atoms with Crippen LogP contribution in [0.3, 0.4) is 0 Å². The Kier molecular flexibility index (Phi) is 4.89. The van der Waals surface area contributed by atoms with Crippen molar-refractivity contribution in [3.05, 3.63) is 56.8 Å². The first kappa shape index (κ1) is 15.1. The molecule has 20 heavy (non-hydrogen) atoms. The molecule has 0 bridgehead atoms. The average Bonchev–Trinajstić information content (AvgIpc) is 2.84. The van der Waals surface area contributed by atoms with Crippen molar-refractivity contribution in [3.63, 3.8) is 0 Å². The molecule has 0 amide bonds. The van der Waals surface area contributed by atoms with Crippen LogP contribution in [-0.2, 0) is 0 Å². The SMILES string of the molecule is CCCNC(c1cscc1C)c1c(F)ccc(C)c1F. The van der Waals surface area contributed by atoms with E-state index in [1.807, 2.05) is 24.6 Å². The van der Waals surface area contributed by atoms with Crippen molar-refractivity contribution in [1.29, 1.82) is 0 Å². The summed E-state index contributed by atoms with van der Waals surface area (Å²) in [7, 11) is 0. The number of hydrogen-bond donors (Lipinski definition) is 1. The number of nitrogens with one attached hydrogen (secondary N) is 1. The fraction of sp³-hybridized carbons (Fsp3) is 0.375. The van der Waals surface area contributed by atoms with Gasteiger partial charge in [0, 0.05) is 5.56 Å². The number of thiophene rings is 1. The van der Waals surface area contributed by atoms with E-state index < -0.39 is 17.7 Å². The minimum atomic E-state index is -0.493. The normalized spacial score (nSPS) is 12.7. The van der Waals surface area contributed by atoms with Gasteiger partial charge in [0.1, 0.15) is 11.6 Å². The molecule has 1 aromatic carbocycles. The van der Waals surface area contributed by atoms with Crippen LogP contribution >= 0.6 is 11.3 Å². The maximum Gasteiger partial charge on any atom is 0.134 e. The second-order valence-corrected chi connectivity index (χ2v) is 5.73. The zero-order valence-corrected chi connectivity index (χ0v) is 12.8. The molecule has 1 atom stereocenters. The fourth-order valence-corrected chi connectivity index (χ4v) is 3.14. The molecule has 1 N–H and O–H groups in total. The van der Waals surface area contributed by atoms with E-state index in [4.69, 9.17) is 0 Å². The summed E-state index contributed by atoms with van der Waals surface area (Å²) in [5.41, 5.74) is 2.60. The molecule has 0 radical (unpaired) electrons. The Balaban J connectivity index is 2.52. The first-order chi connectivity index (χ1) is 9.56. The molecule has 0 saturated carbocycles. The van der Waals surface area contributed by atoms with Crippen LogP contribution in [0.2, 0.25) is 0 Å². The van der Waals surface area contributed by atoms with Gasteiger partial charge in [0.25, 0.3) is 0 Å². The van der Waals surface area contributed by atoms with Gasteiger partial charge in [-0.05, 0) is 60.3 Å². The summed E-state index contributed by atoms with van der Waals surface area (Å²) in [4.78, 5) is 0. The highest BCUT2D eigenvalue weighted by Crippen LogP contribution is 2.32. The van der Waals surface area contributed by atoms with Crippen molar-refractivity contribution in [2.75, 3.05) is 6.54 Å². The largest absolute Gasteiger partial charge is 0.306 e. The van der Waals surface area contributed by atoms with E-state index in [9.17, 15) is 8.78 Å². The second-order valence-electron chi connectivity index (χ2n) is 4.99. The van der Waals surface area contributed by atoms with E-state index in [1.165, 1.54) is 12.1 Å². The first-order valence-corrected chi connectivity index (χ1v) is 7.71. The minimum Gasteiger partial charge on any atom is -0.306 e. The zero-order valence-electron chi connectivity index (χ0n) is 12.0. The molecule has 1 aromatic heterocycles. The van der Waals surface area contributed by atoms with Crippen LogP contribution < -0.4 is 5.32 Å². The van der Waals surface area contributed by atoms with Gasteiger partial charge in [-0.25, -0.2) is 8.78 Å². The molecule has 0 aliphatic heterocycles. The van der Waals surface area contributed by atoms with Gasteiger partial charge < -0.3 is 5.32 Å². The number of benzene rings is 1. The van der Waals surface area contributed by atoms with E-state index >= 15 is 0 Å². The summed E-state index contributed by atoms with van der Waals surface area (Å²) in [5, 5.41) is 7.23. The third kappa shape index (κ3) is 2.91. The summed E-state index contributed by atoms with van der Waals surface area (Å²) in [6.45, 7) is 6.38. The van der Waals surface area contributed by atoms with Crippen LogP contribution in [0.1, 0.15) is 41.6 Å². The van der Waals surface area contributed by atoms with Crippen LogP contribution in [0, 0.1) is 25.5 Å². The molecule has 0 fully saturated rings. The number of aryl methyl sites for hydroxylation is 2. The van der Waals surface area contributed by atoms with Gasteiger partial charge in [0.05, 0.1) is 6.04 Å². The molecule has 108 valence electrons. The molecule has 2 aromatic rings. The van der Waals surface area contributed by atoms with Gasteiger partial charge in [-0.15, -0.1) is 0 Å². The van der Waals surface area contributed by atoms with Gasteiger partial charge in [0.2, 0.25) is 0 Å². The van der Waals surface area contributed by atoms with Gasteiger partial charge in [-0.3, -0.25) is 0 Å². The first-order valence-electron chi connectivity index (χ1n) is 6.76. The van der Waals surface area contributed by atoms with E-state index in [0.717, 1.165) is 17.5 Å². The monoisotopic (exact) mass is 295 g/mol. The van der Waals surface area contributed by atoms with Crippen LogP contribution in [0.5, 0.6) is 0 Å². The zero-order chi connectivity index (χ0) is 14.7. The predicted molar refractivity (Wildman–Crippen MR) is 80.3 cm³/mol. The number of hydrogen-bond acceptors (Lipinski definition) is 2. The van der Waals surface area contributed by atoms with Crippen LogP contribution in [0.4, 0.5) is 8.78 Å². The summed E-state index contributed by atoms with van der Waals surface area (Å²) >= 11 is 1.55. The molecule has 4 heteroatoms. The molecule has 1 nitrogen and oxygen atoms in total. The molecule has 0 spiro atoms. The van der Waals surface area contributed by atoms with Crippen molar-refractivity contribution in [2.45, 2.75) is 33.2 Å². The van der Waals surface area contributed by atoms with E-state index in [1.54, 1.807) is 18.3 Å². The third-order valence-corrected chi connectivity index (χ3v) is 4.29. The predicted octanol–water partition coefficient (Wildman–Crippen LogP) is 4.73. The smallest absolute Gasteiger partial charge is 0.134 e. The molecule has 0 saturated heterocycles. The van der Waals surface area contributed by atoms with Crippen LogP contribution in [0.15, 0.2) is 22.9 Å². The van der Waals surface area contributed by atoms with E-state index in [0.29, 0.717) is 12.1 Å². The average molecular weight is 295 g/mol. The van der Waals surface area contributed by atoms with Crippen LogP contribution in [-0.4, -0.2) is 6.54 Å². The molecule has 1 heterocycles. The molecular weight excluding hydrogens is 276 g/mol. The van der Waals surface area contributed by atoms with Crippen molar-refractivity contribution in [2.24, 2.45) is 0 Å². The lowest BCUT2D eigenvalue weighted by Crippen LogP contribution is -2.25. The minimum absolute atomic E-state index is 0.125. The summed E-state index contributed by atoms with van der Waals surface area (Å²) in [6, 6.07) is 2.39. The molecule has 2 rings (SSSR count). The highest BCUT2D eigenvalue weighted by atomic mass is 32.1. The lowest BCUT2D eigenvalue weighted by molar-refractivity contribution is 0.499. The van der Waals surface area contributed by atoms with E-state index in [-0.39, 0.29) is 5.56 Å². The Morgan fingerprint density at radius 3 is 2.50 bits per heavy atom. The topological polar surface area (TPSA) is 12.0 Å². The lowest BCUT2D eigenvalue weighted by atomic mass is 9.95. The highest BCUT2D eigenvalue weighted by molar-refractivity contribution is 7.08. The van der Waals surface area contributed by atoms with Gasteiger partial charge in [-0.2, -0.15) is 11.3 Å². The van der Waals surface area contributed by atoms with Gasteiger partial charge in [-0.1, -0.05) is 13.0 Å². The van der Waals surface area contributed by atoms with E-state index in [2.05, 4.69) is 5.32 Å². The van der Waals surface area contributed by atoms with Crippen LogP contribution in [0.25, 0.3) is 0 Å². The third-order valence-electron chi connectivity index (χ3n) is 3.41. The summed E-state index contributed by atoms with van der Waals surface area (Å²) in [6.07, 6.45) is 0.911. The van der Waals surface area contributed by atoms with Gasteiger partial charge >= 0.3 is 0 Å². The van der Waals surface area contributed by atoms with Crippen molar-refractivity contribution in [1.82, 2.24) is 5.32 Å². The maximum absolute atomic E-state index is 14.4. The molecule has 1 unspecified atom stereocenters. The second kappa shape index (κ2) is 6.46. The van der Waals surface area contributed by atoms with Crippen molar-refractivity contribution in [3.8, 4) is 0 Å². The molecule has 0 aliphatic carbocycles. The summed E-state index contributed by atoms with van der Waals surface area (Å²) < 4.78 is 28.5. The number of halogens is 2. The Bertz CT molecular complexity index is 592. The standard InChI is InChI=1S/C16H19F2NS/c1-4-7-19-16(12-9-20-8-11(12)3)14-13(17)6-5-10(2)15(14)18/h5-6,8-9,16,19H,4,7H2,1-3H3. The maximum atomic E-state index is 14.4. The Morgan fingerprint density at radius 2 is 1.90 bits per heavy atom.